The number of aromatic hydroxyl groups is 1. The molecule has 14 nitrogen and oxygen atoms in total. The molecule has 6 bridgehead atoms. The van der Waals surface area contributed by atoms with Gasteiger partial charge < -0.3 is 24.2 Å². The lowest BCUT2D eigenvalue weighted by Gasteiger charge is -2.36. The van der Waals surface area contributed by atoms with Crippen molar-refractivity contribution < 1.29 is 29.0 Å². The van der Waals surface area contributed by atoms with Gasteiger partial charge in [-0.25, -0.2) is 5.43 Å². The fourth-order valence-corrected chi connectivity index (χ4v) is 10.5. The molecule has 1 spiro atoms. The zero-order valence-corrected chi connectivity index (χ0v) is 37.9. The number of phenolic OH excluding ortho intramolecular Hbond substituents is 1. The van der Waals surface area contributed by atoms with E-state index in [1.54, 1.807) is 34.3 Å². The molecule has 0 aliphatic carbocycles. The number of esters is 1. The van der Waals surface area contributed by atoms with Crippen molar-refractivity contribution in [3.63, 3.8) is 0 Å². The number of carbonyl (C=O) groups is 4. The second kappa shape index (κ2) is 17.5. The Morgan fingerprint density at radius 1 is 1.08 bits per heavy atom. The standard InChI is InChI=1S/C50H60N8O6/c1-8-43(60)55-16-14-32(28-55)27-54(7)44(31(3)4)46(61)57-29-50(57)22-33-17-36(20-38(59)19-33)35-12-13-42-39(21-35)40(45(56(42)9-2)37-18-34(24-51)25-52-26-37)23-49(5,6)30-64-47(62)41-11-10-15-58(53-41)48(50)63/h8,12-13,17-21,25-26,31-32,41,44,53,59H,1,9-11,14-16,22-23,27-30H2,2-7H3/t32-,41+,44+,50-,57?/m1/s1. The van der Waals surface area contributed by atoms with E-state index in [0.717, 1.165) is 45.3 Å². The molecule has 0 unspecified atom stereocenters. The van der Waals surface area contributed by atoms with Crippen molar-refractivity contribution in [2.45, 2.75) is 90.9 Å². The number of ether oxygens (including phenoxy) is 1. The molecule has 2 aromatic carbocycles. The Hall–Kier alpha value is -6.04. The number of rotatable bonds is 8. The summed E-state index contributed by atoms with van der Waals surface area (Å²) in [5.41, 5.74) is 7.90. The van der Waals surface area contributed by atoms with Gasteiger partial charge in [-0.1, -0.05) is 46.4 Å². The number of aromatic nitrogens is 2. The SMILES string of the molecule is C=CC(=O)N1CC[C@H](CN(C)[C@H](C(=O)N2C[C@@]23Cc2cc(O)cc(c2)-c2ccc4c(c2)c(c(-c2cncc(C#N)c2)n4CC)CC(C)(C)COC(=O)[C@@H]2CCCN(N2)C3=O)C(C)C)C1. The van der Waals surface area contributed by atoms with Crippen molar-refractivity contribution >= 4 is 34.6 Å². The first-order valence-corrected chi connectivity index (χ1v) is 22.6. The third kappa shape index (κ3) is 8.51. The number of phenols is 1. The third-order valence-electron chi connectivity index (χ3n) is 13.6. The molecule has 4 aromatic rings. The second-order valence-electron chi connectivity index (χ2n) is 19.4. The Balaban J connectivity index is 1.20. The van der Waals surface area contributed by atoms with Crippen LogP contribution in [0.2, 0.25) is 0 Å². The highest BCUT2D eigenvalue weighted by atomic mass is 16.5. The van der Waals surface area contributed by atoms with Gasteiger partial charge in [-0.15, -0.1) is 0 Å². The second-order valence-corrected chi connectivity index (χ2v) is 19.4. The number of carbonyl (C=O) groups excluding carboxylic acids is 4. The first-order valence-electron chi connectivity index (χ1n) is 22.6. The number of likely N-dealkylation sites (N-methyl/N-ethyl adjacent to an activating group) is 1. The minimum atomic E-state index is -1.28. The monoisotopic (exact) mass is 868 g/mol. The van der Waals surface area contributed by atoms with E-state index >= 15 is 4.79 Å². The number of nitrogens with one attached hydrogen (secondary N) is 1. The summed E-state index contributed by atoms with van der Waals surface area (Å²) < 4.78 is 8.33. The van der Waals surface area contributed by atoms with E-state index in [0.29, 0.717) is 63.1 Å². The summed E-state index contributed by atoms with van der Waals surface area (Å²) >= 11 is 0. The molecule has 0 radical (unpaired) electrons. The van der Waals surface area contributed by atoms with Crippen molar-refractivity contribution in [2.75, 3.05) is 46.4 Å². The molecule has 3 amide bonds. The summed E-state index contributed by atoms with van der Waals surface area (Å²) in [6.45, 7) is 17.0. The summed E-state index contributed by atoms with van der Waals surface area (Å²) in [5.74, 6) is -0.879. The predicted octanol–water partition coefficient (Wildman–Crippen LogP) is 5.70. The quantitative estimate of drug-likeness (QED) is 0.128. The van der Waals surface area contributed by atoms with Crippen LogP contribution in [0.3, 0.4) is 0 Å². The first kappa shape index (κ1) is 44.6. The number of benzene rings is 2. The molecule has 2 aromatic heterocycles. The minimum absolute atomic E-state index is 0.0370. The van der Waals surface area contributed by atoms with Gasteiger partial charge >= 0.3 is 5.97 Å². The fourth-order valence-electron chi connectivity index (χ4n) is 10.5. The lowest BCUT2D eigenvalue weighted by atomic mass is 9.84. The average Bonchev–Trinajstić information content (AvgIpc) is 3.67. The van der Waals surface area contributed by atoms with Gasteiger partial charge in [-0.2, -0.15) is 5.26 Å². The summed E-state index contributed by atoms with van der Waals surface area (Å²) in [4.78, 5) is 66.1. The molecule has 64 heavy (non-hydrogen) atoms. The number of nitrogens with zero attached hydrogens (tertiary/aromatic N) is 7. The van der Waals surface area contributed by atoms with Gasteiger partial charge in [0.15, 0.2) is 0 Å². The van der Waals surface area contributed by atoms with E-state index in [-0.39, 0.29) is 54.9 Å². The van der Waals surface area contributed by atoms with Gasteiger partial charge in [0.25, 0.3) is 5.91 Å². The van der Waals surface area contributed by atoms with Gasteiger partial charge in [0.05, 0.1) is 30.5 Å². The number of aryl methyl sites for hydroxylation is 1. The number of hydrogen-bond donors (Lipinski definition) is 2. The summed E-state index contributed by atoms with van der Waals surface area (Å²) in [7, 11) is 1.94. The topological polar surface area (TPSA) is 164 Å². The number of likely N-dealkylation sites (tertiary alicyclic amines) is 1. The Morgan fingerprint density at radius 3 is 2.61 bits per heavy atom. The number of pyridine rings is 1. The van der Waals surface area contributed by atoms with Gasteiger partial charge in [-0.3, -0.25) is 34.1 Å². The molecular formula is C50H60N8O6. The fraction of sp³-hybridized carbons (Fsp3) is 0.480. The number of nitriles is 1. The van der Waals surface area contributed by atoms with Crippen LogP contribution in [-0.4, -0.2) is 122 Å². The maximum Gasteiger partial charge on any atom is 0.324 e. The van der Waals surface area contributed by atoms with Crippen LogP contribution >= 0.6 is 0 Å². The van der Waals surface area contributed by atoms with E-state index in [9.17, 15) is 24.8 Å². The van der Waals surface area contributed by atoms with Crippen molar-refractivity contribution in [1.82, 2.24) is 34.7 Å². The Bertz CT molecular complexity index is 2560. The number of fused-ring (bicyclic) bond motifs is 6. The number of amides is 3. The van der Waals surface area contributed by atoms with Crippen molar-refractivity contribution in [3.8, 4) is 34.2 Å². The lowest BCUT2D eigenvalue weighted by Crippen LogP contribution is -2.60. The zero-order valence-electron chi connectivity index (χ0n) is 37.9. The molecule has 4 aliphatic rings. The van der Waals surface area contributed by atoms with Gasteiger partial charge in [0, 0.05) is 73.4 Å². The maximum absolute atomic E-state index is 15.0. The number of hydrogen-bond acceptors (Lipinski definition) is 10. The normalized spacial score (nSPS) is 22.7. The van der Waals surface area contributed by atoms with Crippen LogP contribution in [0.25, 0.3) is 33.3 Å². The summed E-state index contributed by atoms with van der Waals surface area (Å²) in [6, 6.07) is 14.4. The van der Waals surface area contributed by atoms with E-state index in [1.165, 1.54) is 11.1 Å². The smallest absolute Gasteiger partial charge is 0.324 e. The highest BCUT2D eigenvalue weighted by Crippen LogP contribution is 2.43. The maximum atomic E-state index is 15.0. The molecule has 8 rings (SSSR count). The molecule has 3 fully saturated rings. The minimum Gasteiger partial charge on any atom is -0.508 e. The third-order valence-corrected chi connectivity index (χ3v) is 13.6. The Morgan fingerprint density at radius 2 is 1.88 bits per heavy atom. The van der Waals surface area contributed by atoms with E-state index in [1.807, 2.05) is 39.1 Å². The van der Waals surface area contributed by atoms with Crippen LogP contribution in [0.1, 0.15) is 70.6 Å². The molecule has 4 aliphatic heterocycles. The van der Waals surface area contributed by atoms with E-state index < -0.39 is 29.0 Å². The van der Waals surface area contributed by atoms with Crippen LogP contribution in [0.5, 0.6) is 5.75 Å². The number of cyclic esters (lactones) is 1. The summed E-state index contributed by atoms with van der Waals surface area (Å²) in [6.07, 6.45) is 7.20. The van der Waals surface area contributed by atoms with Crippen LogP contribution in [0, 0.1) is 28.6 Å². The van der Waals surface area contributed by atoms with E-state index in [2.05, 4.69) is 65.4 Å². The van der Waals surface area contributed by atoms with Crippen LogP contribution in [0.4, 0.5) is 0 Å². The first-order chi connectivity index (χ1) is 30.6. The largest absolute Gasteiger partial charge is 0.508 e. The van der Waals surface area contributed by atoms with E-state index in [4.69, 9.17) is 4.74 Å². The Kier molecular flexibility index (Phi) is 12.2. The molecule has 3 saturated heterocycles. The van der Waals surface area contributed by atoms with Gasteiger partial charge in [-0.05, 0) is 110 Å². The molecule has 336 valence electrons. The Labute approximate surface area is 375 Å². The van der Waals surface area contributed by atoms with Crippen molar-refractivity contribution in [3.05, 3.63) is 84.2 Å². The molecule has 2 N–H and O–H groups in total. The van der Waals surface area contributed by atoms with Crippen molar-refractivity contribution in [1.29, 1.82) is 5.26 Å². The van der Waals surface area contributed by atoms with Crippen molar-refractivity contribution in [2.24, 2.45) is 17.3 Å². The highest BCUT2D eigenvalue weighted by molar-refractivity contribution is 5.99. The van der Waals surface area contributed by atoms with Gasteiger partial charge in [0.1, 0.15) is 23.4 Å². The van der Waals surface area contributed by atoms with Crippen LogP contribution in [-0.2, 0) is 43.3 Å². The zero-order chi connectivity index (χ0) is 45.7. The molecular weight excluding hydrogens is 809 g/mol. The predicted molar refractivity (Wildman–Crippen MR) is 243 cm³/mol. The van der Waals surface area contributed by atoms with Crippen LogP contribution < -0.4 is 5.43 Å². The summed E-state index contributed by atoms with van der Waals surface area (Å²) in [5, 5.41) is 23.7. The number of hydrazine groups is 1. The highest BCUT2D eigenvalue weighted by Gasteiger charge is 2.63. The molecule has 0 saturated carbocycles. The molecule has 6 heterocycles. The average molecular weight is 869 g/mol. The lowest BCUT2D eigenvalue weighted by molar-refractivity contribution is -0.156. The molecule has 14 heteroatoms. The van der Waals surface area contributed by atoms with Gasteiger partial charge in [0.2, 0.25) is 11.8 Å². The van der Waals surface area contributed by atoms with Crippen LogP contribution in [0.15, 0.2) is 67.5 Å². The molecule has 4 atom stereocenters.